The van der Waals surface area contributed by atoms with Gasteiger partial charge in [-0.1, -0.05) is 20.8 Å². The molecule has 0 heterocycles. The second-order valence-electron chi connectivity index (χ2n) is 5.41. The molecule has 0 spiro atoms. The van der Waals surface area contributed by atoms with Gasteiger partial charge in [0.25, 0.3) is 0 Å². The molecule has 0 radical (unpaired) electrons. The molecule has 1 saturated carbocycles. The summed E-state index contributed by atoms with van der Waals surface area (Å²) in [4.78, 5) is 0. The molecule has 2 unspecified atom stereocenters. The molecular formula is C13H27NO2. The van der Waals surface area contributed by atoms with Crippen molar-refractivity contribution in [3.8, 4) is 0 Å². The molecule has 1 fully saturated rings. The number of ether oxygens (including phenoxy) is 1. The smallest absolute Gasteiger partial charge is 0.0614 e. The lowest BCUT2D eigenvalue weighted by atomic mass is 9.80. The van der Waals surface area contributed by atoms with E-state index in [4.69, 9.17) is 4.74 Å². The molecule has 1 rings (SSSR count). The summed E-state index contributed by atoms with van der Waals surface area (Å²) in [5.41, 5.74) is -0.0886. The Morgan fingerprint density at radius 3 is 2.81 bits per heavy atom. The minimum Gasteiger partial charge on any atom is -0.394 e. The van der Waals surface area contributed by atoms with Crippen molar-refractivity contribution in [1.29, 1.82) is 0 Å². The van der Waals surface area contributed by atoms with Gasteiger partial charge < -0.3 is 15.2 Å². The second-order valence-corrected chi connectivity index (χ2v) is 5.41. The summed E-state index contributed by atoms with van der Waals surface area (Å²) in [5, 5.41) is 13.0. The van der Waals surface area contributed by atoms with Gasteiger partial charge in [0.2, 0.25) is 0 Å². The highest BCUT2D eigenvalue weighted by Gasteiger charge is 2.35. The first-order valence-electron chi connectivity index (χ1n) is 6.59. The van der Waals surface area contributed by atoms with Crippen LogP contribution in [0, 0.1) is 5.92 Å². The summed E-state index contributed by atoms with van der Waals surface area (Å²) in [6.07, 6.45) is 4.63. The Morgan fingerprint density at radius 1 is 1.50 bits per heavy atom. The van der Waals surface area contributed by atoms with Crippen molar-refractivity contribution in [3.63, 3.8) is 0 Å². The summed E-state index contributed by atoms with van der Waals surface area (Å²) < 4.78 is 5.90. The lowest BCUT2D eigenvalue weighted by molar-refractivity contribution is -0.0247. The van der Waals surface area contributed by atoms with Gasteiger partial charge in [-0.05, 0) is 38.1 Å². The van der Waals surface area contributed by atoms with Gasteiger partial charge in [-0.15, -0.1) is 0 Å². The quantitative estimate of drug-likeness (QED) is 0.731. The third-order valence-electron chi connectivity index (χ3n) is 3.32. The van der Waals surface area contributed by atoms with Crippen molar-refractivity contribution in [2.75, 3.05) is 19.8 Å². The van der Waals surface area contributed by atoms with Crippen LogP contribution in [0.25, 0.3) is 0 Å². The Labute approximate surface area is 99.6 Å². The van der Waals surface area contributed by atoms with E-state index in [2.05, 4.69) is 26.1 Å². The topological polar surface area (TPSA) is 41.5 Å². The van der Waals surface area contributed by atoms with Crippen molar-refractivity contribution >= 4 is 0 Å². The van der Waals surface area contributed by atoms with Gasteiger partial charge in [0.15, 0.2) is 0 Å². The van der Waals surface area contributed by atoms with E-state index < -0.39 is 0 Å². The van der Waals surface area contributed by atoms with Crippen LogP contribution in [0.15, 0.2) is 0 Å². The van der Waals surface area contributed by atoms with E-state index in [1.54, 1.807) is 0 Å². The number of likely N-dealkylation sites (N-methyl/N-ethyl adjacent to an activating group) is 1. The number of aliphatic hydroxyl groups is 1. The van der Waals surface area contributed by atoms with Gasteiger partial charge in [-0.25, -0.2) is 0 Å². The van der Waals surface area contributed by atoms with Crippen LogP contribution in [0.2, 0.25) is 0 Å². The lowest BCUT2D eigenvalue weighted by Gasteiger charge is -2.40. The Kier molecular flexibility index (Phi) is 5.73. The van der Waals surface area contributed by atoms with E-state index in [1.165, 1.54) is 0 Å². The van der Waals surface area contributed by atoms with Crippen LogP contribution in [0.5, 0.6) is 0 Å². The zero-order valence-electron chi connectivity index (χ0n) is 11.0. The minimum atomic E-state index is -0.0886. The molecule has 1 aliphatic rings. The number of aliphatic hydroxyl groups excluding tert-OH is 1. The summed E-state index contributed by atoms with van der Waals surface area (Å²) >= 11 is 0. The largest absolute Gasteiger partial charge is 0.394 e. The molecule has 0 aliphatic heterocycles. The highest BCUT2D eigenvalue weighted by Crippen LogP contribution is 2.30. The fourth-order valence-electron chi connectivity index (χ4n) is 2.51. The van der Waals surface area contributed by atoms with E-state index >= 15 is 0 Å². The van der Waals surface area contributed by atoms with Crippen molar-refractivity contribution in [2.45, 2.75) is 58.1 Å². The maximum Gasteiger partial charge on any atom is 0.0614 e. The van der Waals surface area contributed by atoms with Gasteiger partial charge in [0, 0.05) is 12.1 Å². The van der Waals surface area contributed by atoms with E-state index in [-0.39, 0.29) is 12.1 Å². The third-order valence-corrected chi connectivity index (χ3v) is 3.32. The standard InChI is InChI=1S/C13H27NO2/c1-4-14-13(10-15)7-5-6-12(8-13)16-9-11(2)3/h11-12,14-15H,4-10H2,1-3H3. The Hall–Kier alpha value is -0.120. The normalized spacial score (nSPS) is 30.9. The van der Waals surface area contributed by atoms with Gasteiger partial charge in [0.1, 0.15) is 0 Å². The van der Waals surface area contributed by atoms with E-state index in [9.17, 15) is 5.11 Å². The van der Waals surface area contributed by atoms with Gasteiger partial charge in [-0.3, -0.25) is 0 Å². The van der Waals surface area contributed by atoms with Crippen LogP contribution in [0.3, 0.4) is 0 Å². The van der Waals surface area contributed by atoms with Gasteiger partial charge in [0.05, 0.1) is 12.7 Å². The molecule has 3 nitrogen and oxygen atoms in total. The zero-order chi connectivity index (χ0) is 12.0. The van der Waals surface area contributed by atoms with Crippen molar-refractivity contribution in [2.24, 2.45) is 5.92 Å². The summed E-state index contributed by atoms with van der Waals surface area (Å²) in [6, 6.07) is 0. The van der Waals surface area contributed by atoms with Crippen molar-refractivity contribution in [1.82, 2.24) is 5.32 Å². The van der Waals surface area contributed by atoms with E-state index in [0.717, 1.165) is 38.8 Å². The molecule has 2 N–H and O–H groups in total. The molecule has 96 valence electrons. The van der Waals surface area contributed by atoms with Crippen LogP contribution < -0.4 is 5.32 Å². The van der Waals surface area contributed by atoms with E-state index in [0.29, 0.717) is 12.0 Å². The predicted octanol–water partition coefficient (Wildman–Crippen LogP) is 1.94. The summed E-state index contributed by atoms with van der Waals surface area (Å²) in [6.45, 7) is 8.41. The number of hydrogen-bond donors (Lipinski definition) is 2. The molecule has 2 atom stereocenters. The average molecular weight is 229 g/mol. The zero-order valence-corrected chi connectivity index (χ0v) is 11.0. The highest BCUT2D eigenvalue weighted by molar-refractivity contribution is 4.93. The van der Waals surface area contributed by atoms with Crippen molar-refractivity contribution in [3.05, 3.63) is 0 Å². The summed E-state index contributed by atoms with van der Waals surface area (Å²) in [5.74, 6) is 0.588. The Morgan fingerprint density at radius 2 is 2.25 bits per heavy atom. The average Bonchev–Trinajstić information content (AvgIpc) is 2.27. The molecule has 0 amide bonds. The molecule has 0 aromatic rings. The Balaban J connectivity index is 2.44. The maximum absolute atomic E-state index is 9.55. The molecule has 16 heavy (non-hydrogen) atoms. The number of rotatable bonds is 6. The number of nitrogens with one attached hydrogen (secondary N) is 1. The second kappa shape index (κ2) is 6.58. The van der Waals surface area contributed by atoms with Crippen LogP contribution in [-0.4, -0.2) is 36.5 Å². The summed E-state index contributed by atoms with van der Waals surface area (Å²) in [7, 11) is 0. The molecule has 0 bridgehead atoms. The van der Waals surface area contributed by atoms with Crippen molar-refractivity contribution < 1.29 is 9.84 Å². The molecule has 1 aliphatic carbocycles. The Bertz CT molecular complexity index is 192. The highest BCUT2D eigenvalue weighted by atomic mass is 16.5. The SMILES string of the molecule is CCNC1(CO)CCCC(OCC(C)C)C1. The fraction of sp³-hybridized carbons (Fsp3) is 1.00. The van der Waals surface area contributed by atoms with Crippen LogP contribution >= 0.6 is 0 Å². The first kappa shape index (κ1) is 13.9. The molecule has 3 heteroatoms. The van der Waals surface area contributed by atoms with Crippen LogP contribution in [0.4, 0.5) is 0 Å². The maximum atomic E-state index is 9.55. The minimum absolute atomic E-state index is 0.0886. The van der Waals surface area contributed by atoms with Crippen LogP contribution in [-0.2, 0) is 4.74 Å². The van der Waals surface area contributed by atoms with Crippen LogP contribution in [0.1, 0.15) is 46.5 Å². The first-order chi connectivity index (χ1) is 7.62. The molecular weight excluding hydrogens is 202 g/mol. The third kappa shape index (κ3) is 4.04. The molecule has 0 saturated heterocycles. The predicted molar refractivity (Wildman–Crippen MR) is 66.5 cm³/mol. The first-order valence-corrected chi connectivity index (χ1v) is 6.59. The monoisotopic (exact) mass is 229 g/mol. The molecule has 0 aromatic heterocycles. The van der Waals surface area contributed by atoms with E-state index in [1.807, 2.05) is 0 Å². The lowest BCUT2D eigenvalue weighted by Crippen LogP contribution is -2.53. The number of hydrogen-bond acceptors (Lipinski definition) is 3. The van der Waals surface area contributed by atoms with Gasteiger partial charge >= 0.3 is 0 Å². The molecule has 0 aromatic carbocycles. The van der Waals surface area contributed by atoms with Gasteiger partial charge in [-0.2, -0.15) is 0 Å². The fourth-order valence-corrected chi connectivity index (χ4v) is 2.51.